The Balaban J connectivity index is 1.05. The monoisotopic (exact) mass is 565 g/mol. The molecule has 218 valence electrons. The number of fused-ring (bicyclic) bond motifs is 3. The number of ether oxygens (including phenoxy) is 5. The fraction of sp³-hybridized carbons (Fsp3) is 0.500. The first-order valence-corrected chi connectivity index (χ1v) is 14.2. The molecule has 0 radical (unpaired) electrons. The van der Waals surface area contributed by atoms with Crippen LogP contribution in [-0.4, -0.2) is 74.5 Å². The highest BCUT2D eigenvalue weighted by atomic mass is 16.7. The summed E-state index contributed by atoms with van der Waals surface area (Å²) in [5.74, 6) is 1.36. The van der Waals surface area contributed by atoms with Gasteiger partial charge in [-0.3, -0.25) is 14.4 Å². The van der Waals surface area contributed by atoms with Gasteiger partial charge in [-0.2, -0.15) is 0 Å². The number of likely N-dealkylation sites (N-methyl/N-ethyl adjacent to an activating group) is 1. The summed E-state index contributed by atoms with van der Waals surface area (Å²) in [6.07, 6.45) is 2.28. The van der Waals surface area contributed by atoms with Gasteiger partial charge in [0.2, 0.25) is 18.6 Å². The highest BCUT2D eigenvalue weighted by Crippen LogP contribution is 2.34. The van der Waals surface area contributed by atoms with Crippen LogP contribution < -0.4 is 24.8 Å². The summed E-state index contributed by atoms with van der Waals surface area (Å²) >= 11 is 0. The van der Waals surface area contributed by atoms with E-state index in [1.54, 1.807) is 30.1 Å². The molecule has 0 aliphatic carbocycles. The summed E-state index contributed by atoms with van der Waals surface area (Å²) < 4.78 is 28.5. The summed E-state index contributed by atoms with van der Waals surface area (Å²) in [6.45, 7) is 1.99. The van der Waals surface area contributed by atoms with Gasteiger partial charge in [-0.1, -0.05) is 6.07 Å². The third-order valence-corrected chi connectivity index (χ3v) is 8.21. The first-order chi connectivity index (χ1) is 19.9. The molecular weight excluding hydrogens is 530 g/mol. The van der Waals surface area contributed by atoms with Crippen LogP contribution in [0, 0.1) is 5.92 Å². The molecule has 6 rings (SSSR count). The number of hydrogen-bond donors (Lipinski definition) is 2. The Morgan fingerprint density at radius 1 is 0.951 bits per heavy atom. The van der Waals surface area contributed by atoms with Gasteiger partial charge in [0.25, 0.3) is 5.91 Å². The number of nitrogens with one attached hydrogen (secondary N) is 2. The van der Waals surface area contributed by atoms with Crippen molar-refractivity contribution in [2.24, 2.45) is 5.92 Å². The number of nitrogens with zero attached hydrogens (tertiary/aromatic N) is 1. The van der Waals surface area contributed by atoms with Crippen molar-refractivity contribution >= 4 is 23.4 Å². The molecule has 4 aliphatic rings. The van der Waals surface area contributed by atoms with E-state index in [0.29, 0.717) is 73.9 Å². The second kappa shape index (κ2) is 12.0. The molecule has 3 amide bonds. The van der Waals surface area contributed by atoms with Gasteiger partial charge < -0.3 is 39.2 Å². The van der Waals surface area contributed by atoms with E-state index < -0.39 is 0 Å². The number of hydrogen-bond acceptors (Lipinski definition) is 8. The van der Waals surface area contributed by atoms with Crippen LogP contribution in [0.2, 0.25) is 0 Å². The van der Waals surface area contributed by atoms with Crippen molar-refractivity contribution in [1.29, 1.82) is 0 Å². The summed E-state index contributed by atoms with van der Waals surface area (Å²) in [4.78, 5) is 40.6. The van der Waals surface area contributed by atoms with Crippen molar-refractivity contribution in [3.05, 3.63) is 47.5 Å². The Bertz CT molecular complexity index is 1310. The number of carbonyl (C=O) groups excluding carboxylic acids is 3. The molecule has 2 fully saturated rings. The molecule has 2 N–H and O–H groups in total. The molecule has 2 saturated heterocycles. The van der Waals surface area contributed by atoms with Gasteiger partial charge in [0.15, 0.2) is 11.5 Å². The van der Waals surface area contributed by atoms with Crippen molar-refractivity contribution in [2.75, 3.05) is 39.0 Å². The Hall–Kier alpha value is -3.83. The van der Waals surface area contributed by atoms with Crippen LogP contribution in [0.25, 0.3) is 0 Å². The molecule has 3 atom stereocenters. The Labute approximate surface area is 238 Å². The molecule has 0 spiro atoms. The van der Waals surface area contributed by atoms with Gasteiger partial charge >= 0.3 is 0 Å². The van der Waals surface area contributed by atoms with E-state index in [4.69, 9.17) is 23.7 Å². The Kier molecular flexibility index (Phi) is 7.97. The van der Waals surface area contributed by atoms with E-state index in [0.717, 1.165) is 5.56 Å². The average Bonchev–Trinajstić information content (AvgIpc) is 3.47. The standard InChI is InChI=1S/C30H35N3O8/c1-33-23-5-4-21(14-28(34)31-15-18-2-6-25-26(12-18)40-17-39-25)41-27(23)16-38-24-7-3-20(13-22(24)30(33)36)32-29(35)19-8-10-37-11-9-19/h2-3,6-7,12-13,19,21,23,27H,4-5,8-11,14-17H2,1H3,(H,31,34)(H,32,35)/t21-,23-,27+/m1/s1. The number of benzene rings is 2. The van der Waals surface area contributed by atoms with E-state index in [1.807, 2.05) is 18.2 Å². The molecule has 4 aliphatic heterocycles. The van der Waals surface area contributed by atoms with Gasteiger partial charge in [0.1, 0.15) is 18.5 Å². The zero-order chi connectivity index (χ0) is 28.3. The molecular formula is C30H35N3O8. The minimum absolute atomic E-state index is 0.0625. The first-order valence-electron chi connectivity index (χ1n) is 14.2. The summed E-state index contributed by atoms with van der Waals surface area (Å²) in [7, 11) is 1.77. The van der Waals surface area contributed by atoms with Gasteiger partial charge in [-0.05, 0) is 61.6 Å². The largest absolute Gasteiger partial charge is 0.490 e. The van der Waals surface area contributed by atoms with Gasteiger partial charge in [0, 0.05) is 38.4 Å². The second-order valence-electron chi connectivity index (χ2n) is 10.9. The predicted molar refractivity (Wildman–Crippen MR) is 147 cm³/mol. The Morgan fingerprint density at radius 3 is 2.61 bits per heavy atom. The van der Waals surface area contributed by atoms with Crippen LogP contribution in [0.5, 0.6) is 17.2 Å². The Morgan fingerprint density at radius 2 is 1.76 bits per heavy atom. The third kappa shape index (κ3) is 6.11. The third-order valence-electron chi connectivity index (χ3n) is 8.21. The lowest BCUT2D eigenvalue weighted by Crippen LogP contribution is -2.53. The van der Waals surface area contributed by atoms with Gasteiger partial charge in [-0.25, -0.2) is 0 Å². The zero-order valence-corrected chi connectivity index (χ0v) is 23.1. The van der Waals surface area contributed by atoms with Crippen LogP contribution in [-0.2, 0) is 25.6 Å². The molecule has 11 heteroatoms. The van der Waals surface area contributed by atoms with Crippen molar-refractivity contribution in [3.63, 3.8) is 0 Å². The minimum Gasteiger partial charge on any atom is -0.490 e. The molecule has 11 nitrogen and oxygen atoms in total. The van der Waals surface area contributed by atoms with E-state index >= 15 is 0 Å². The zero-order valence-electron chi connectivity index (χ0n) is 23.1. The normalized spacial score (nSPS) is 23.9. The van der Waals surface area contributed by atoms with E-state index in [-0.39, 0.29) is 61.7 Å². The number of anilines is 1. The lowest BCUT2D eigenvalue weighted by atomic mass is 9.94. The van der Waals surface area contributed by atoms with Crippen LogP contribution in [0.4, 0.5) is 5.69 Å². The molecule has 4 heterocycles. The van der Waals surface area contributed by atoms with E-state index in [1.165, 1.54) is 0 Å². The molecule has 0 unspecified atom stereocenters. The topological polar surface area (TPSA) is 125 Å². The maximum atomic E-state index is 13.5. The molecule has 0 aromatic heterocycles. The quantitative estimate of drug-likeness (QED) is 0.548. The minimum atomic E-state index is -0.370. The molecule has 0 saturated carbocycles. The second-order valence-corrected chi connectivity index (χ2v) is 10.9. The summed E-state index contributed by atoms with van der Waals surface area (Å²) in [5.41, 5.74) is 1.89. The van der Waals surface area contributed by atoms with Crippen LogP contribution in [0.15, 0.2) is 36.4 Å². The van der Waals surface area contributed by atoms with E-state index in [2.05, 4.69) is 10.6 Å². The predicted octanol–water partition coefficient (Wildman–Crippen LogP) is 2.87. The van der Waals surface area contributed by atoms with E-state index in [9.17, 15) is 14.4 Å². The van der Waals surface area contributed by atoms with Crippen molar-refractivity contribution in [3.8, 4) is 17.2 Å². The number of amides is 3. The SMILES string of the molecule is CN1C(=O)c2cc(NC(=O)C3CCOCC3)ccc2OC[C@@H]2O[C@@H](CC(=O)NCc3ccc4c(c3)OCO4)CC[C@H]21. The number of carbonyl (C=O) groups is 3. The van der Waals surface area contributed by atoms with Crippen molar-refractivity contribution in [1.82, 2.24) is 10.2 Å². The maximum absolute atomic E-state index is 13.5. The van der Waals surface area contributed by atoms with Crippen LogP contribution >= 0.6 is 0 Å². The first kappa shape index (κ1) is 27.3. The average molecular weight is 566 g/mol. The lowest BCUT2D eigenvalue weighted by Gasteiger charge is -2.42. The smallest absolute Gasteiger partial charge is 0.257 e. The number of rotatable bonds is 6. The van der Waals surface area contributed by atoms with Crippen molar-refractivity contribution in [2.45, 2.75) is 56.9 Å². The molecule has 41 heavy (non-hydrogen) atoms. The maximum Gasteiger partial charge on any atom is 0.257 e. The molecule has 2 aromatic carbocycles. The highest BCUT2D eigenvalue weighted by Gasteiger charge is 2.39. The highest BCUT2D eigenvalue weighted by molar-refractivity contribution is 6.00. The van der Waals surface area contributed by atoms with Crippen molar-refractivity contribution < 1.29 is 38.1 Å². The summed E-state index contributed by atoms with van der Waals surface area (Å²) in [5, 5.41) is 5.90. The fourth-order valence-corrected chi connectivity index (χ4v) is 5.84. The van der Waals surface area contributed by atoms with Gasteiger partial charge in [-0.15, -0.1) is 0 Å². The van der Waals surface area contributed by atoms with Crippen LogP contribution in [0.3, 0.4) is 0 Å². The molecule has 2 aromatic rings. The lowest BCUT2D eigenvalue weighted by molar-refractivity contribution is -0.134. The summed E-state index contributed by atoms with van der Waals surface area (Å²) in [6, 6.07) is 10.6. The van der Waals surface area contributed by atoms with Gasteiger partial charge in [0.05, 0.1) is 24.1 Å². The fourth-order valence-electron chi connectivity index (χ4n) is 5.84. The van der Waals surface area contributed by atoms with Crippen LogP contribution in [0.1, 0.15) is 48.0 Å². The molecule has 0 bridgehead atoms.